The first-order valence-electron chi connectivity index (χ1n) is 7.57. The molecule has 0 atom stereocenters. The minimum Gasteiger partial charge on any atom is -0.395 e. The molecule has 0 aliphatic rings. The van der Waals surface area contributed by atoms with Crippen LogP contribution in [-0.4, -0.2) is 43.3 Å². The summed E-state index contributed by atoms with van der Waals surface area (Å²) in [6, 6.07) is 8.69. The maximum Gasteiger partial charge on any atom is 0.0558 e. The van der Waals surface area contributed by atoms with Crippen LogP contribution in [0.25, 0.3) is 0 Å². The average Bonchev–Trinajstić information content (AvgIpc) is 2.38. The standard InChI is InChI=1S/C17H30N2O/c1-17(2,3)15-8-7-9-16(14-15)18-10-5-6-11-19(4)12-13-20/h7-9,14,18,20H,5-6,10-13H2,1-4H3. The Kier molecular flexibility index (Phi) is 7.03. The molecule has 1 rings (SSSR count). The van der Waals surface area contributed by atoms with Gasteiger partial charge < -0.3 is 15.3 Å². The van der Waals surface area contributed by atoms with Crippen LogP contribution < -0.4 is 5.32 Å². The molecule has 0 bridgehead atoms. The Morgan fingerprint density at radius 2 is 1.90 bits per heavy atom. The van der Waals surface area contributed by atoms with Crippen molar-refractivity contribution in [3.8, 4) is 0 Å². The van der Waals surface area contributed by atoms with Gasteiger partial charge in [-0.25, -0.2) is 0 Å². The number of aliphatic hydroxyl groups is 1. The molecule has 20 heavy (non-hydrogen) atoms. The molecule has 2 N–H and O–H groups in total. The van der Waals surface area contributed by atoms with Crippen LogP contribution in [0.3, 0.4) is 0 Å². The van der Waals surface area contributed by atoms with Crippen molar-refractivity contribution >= 4 is 5.69 Å². The number of aliphatic hydroxyl groups excluding tert-OH is 1. The first-order chi connectivity index (χ1) is 9.43. The predicted octanol–water partition coefficient (Wildman–Crippen LogP) is 3.10. The molecule has 0 heterocycles. The number of nitrogens with one attached hydrogen (secondary N) is 1. The lowest BCUT2D eigenvalue weighted by atomic mass is 9.87. The van der Waals surface area contributed by atoms with Gasteiger partial charge in [0.2, 0.25) is 0 Å². The monoisotopic (exact) mass is 278 g/mol. The number of hydrogen-bond acceptors (Lipinski definition) is 3. The Morgan fingerprint density at radius 3 is 2.55 bits per heavy atom. The summed E-state index contributed by atoms with van der Waals surface area (Å²) in [5.74, 6) is 0. The highest BCUT2D eigenvalue weighted by molar-refractivity contribution is 5.47. The van der Waals surface area contributed by atoms with Crippen LogP contribution in [0.2, 0.25) is 0 Å². The first kappa shape index (κ1) is 17.0. The van der Waals surface area contributed by atoms with Crippen LogP contribution in [0, 0.1) is 0 Å². The van der Waals surface area contributed by atoms with Gasteiger partial charge >= 0.3 is 0 Å². The van der Waals surface area contributed by atoms with E-state index in [1.807, 2.05) is 0 Å². The molecule has 3 heteroatoms. The average molecular weight is 278 g/mol. The Balaban J connectivity index is 2.29. The van der Waals surface area contributed by atoms with E-state index in [9.17, 15) is 0 Å². The van der Waals surface area contributed by atoms with Crippen molar-refractivity contribution in [3.05, 3.63) is 29.8 Å². The summed E-state index contributed by atoms with van der Waals surface area (Å²) >= 11 is 0. The number of benzene rings is 1. The molecule has 0 amide bonds. The Bertz CT molecular complexity index is 385. The van der Waals surface area contributed by atoms with E-state index in [0.29, 0.717) is 0 Å². The van der Waals surface area contributed by atoms with Gasteiger partial charge in [-0.15, -0.1) is 0 Å². The number of nitrogens with zero attached hydrogens (tertiary/aromatic N) is 1. The summed E-state index contributed by atoms with van der Waals surface area (Å²) in [5.41, 5.74) is 2.77. The van der Waals surface area contributed by atoms with Crippen LogP contribution >= 0.6 is 0 Å². The van der Waals surface area contributed by atoms with Crippen molar-refractivity contribution in [2.24, 2.45) is 0 Å². The van der Waals surface area contributed by atoms with Gasteiger partial charge in [-0.05, 0) is 49.5 Å². The maximum absolute atomic E-state index is 8.83. The van der Waals surface area contributed by atoms with Crippen LogP contribution in [0.15, 0.2) is 24.3 Å². The molecule has 1 aromatic rings. The highest BCUT2D eigenvalue weighted by atomic mass is 16.3. The van der Waals surface area contributed by atoms with Crippen LogP contribution in [-0.2, 0) is 5.41 Å². The Morgan fingerprint density at radius 1 is 1.15 bits per heavy atom. The van der Waals surface area contributed by atoms with E-state index >= 15 is 0 Å². The second kappa shape index (κ2) is 8.28. The Labute approximate surface area is 124 Å². The molecule has 0 unspecified atom stereocenters. The fourth-order valence-electron chi connectivity index (χ4n) is 2.12. The van der Waals surface area contributed by atoms with E-state index < -0.39 is 0 Å². The smallest absolute Gasteiger partial charge is 0.0558 e. The molecule has 0 aliphatic heterocycles. The van der Waals surface area contributed by atoms with Crippen molar-refractivity contribution in [3.63, 3.8) is 0 Å². The zero-order chi connectivity index (χ0) is 15.0. The van der Waals surface area contributed by atoms with E-state index in [1.165, 1.54) is 11.3 Å². The molecule has 0 saturated carbocycles. The first-order valence-corrected chi connectivity index (χ1v) is 7.57. The zero-order valence-corrected chi connectivity index (χ0v) is 13.4. The lowest BCUT2D eigenvalue weighted by Crippen LogP contribution is -2.23. The zero-order valence-electron chi connectivity index (χ0n) is 13.4. The topological polar surface area (TPSA) is 35.5 Å². The summed E-state index contributed by atoms with van der Waals surface area (Å²) in [6.07, 6.45) is 2.30. The van der Waals surface area contributed by atoms with Gasteiger partial charge in [0, 0.05) is 18.8 Å². The molecule has 0 saturated heterocycles. The summed E-state index contributed by atoms with van der Waals surface area (Å²) in [7, 11) is 2.05. The lowest BCUT2D eigenvalue weighted by Gasteiger charge is -2.20. The van der Waals surface area contributed by atoms with Crippen molar-refractivity contribution in [2.45, 2.75) is 39.0 Å². The quantitative estimate of drug-likeness (QED) is 0.717. The van der Waals surface area contributed by atoms with Crippen molar-refractivity contribution in [1.29, 1.82) is 0 Å². The van der Waals surface area contributed by atoms with E-state index in [2.05, 4.69) is 62.3 Å². The Hall–Kier alpha value is -1.06. The third kappa shape index (κ3) is 6.40. The number of rotatable bonds is 8. The molecule has 0 radical (unpaired) electrons. The SMILES string of the molecule is CN(CCO)CCCCNc1cccc(C(C)(C)C)c1. The third-order valence-corrected chi connectivity index (χ3v) is 3.51. The van der Waals surface area contributed by atoms with E-state index in [1.54, 1.807) is 0 Å². The highest BCUT2D eigenvalue weighted by Crippen LogP contribution is 2.24. The molecule has 3 nitrogen and oxygen atoms in total. The van der Waals surface area contributed by atoms with Gasteiger partial charge in [0.1, 0.15) is 0 Å². The largest absolute Gasteiger partial charge is 0.395 e. The molecule has 0 fully saturated rings. The fourth-order valence-corrected chi connectivity index (χ4v) is 2.12. The third-order valence-electron chi connectivity index (χ3n) is 3.51. The lowest BCUT2D eigenvalue weighted by molar-refractivity contribution is 0.220. The predicted molar refractivity (Wildman–Crippen MR) is 87.4 cm³/mol. The molecule has 0 spiro atoms. The van der Waals surface area contributed by atoms with Crippen molar-refractivity contribution in [2.75, 3.05) is 38.6 Å². The van der Waals surface area contributed by atoms with E-state index in [4.69, 9.17) is 5.11 Å². The normalized spacial score (nSPS) is 11.9. The summed E-state index contributed by atoms with van der Waals surface area (Å²) < 4.78 is 0. The second-order valence-corrected chi connectivity index (χ2v) is 6.49. The van der Waals surface area contributed by atoms with Gasteiger partial charge in [-0.2, -0.15) is 0 Å². The molecule has 0 aromatic heterocycles. The highest BCUT2D eigenvalue weighted by Gasteiger charge is 2.13. The van der Waals surface area contributed by atoms with E-state index in [0.717, 1.165) is 32.5 Å². The van der Waals surface area contributed by atoms with Crippen LogP contribution in [0.5, 0.6) is 0 Å². The number of anilines is 1. The van der Waals surface area contributed by atoms with Gasteiger partial charge in [-0.1, -0.05) is 32.9 Å². The summed E-state index contributed by atoms with van der Waals surface area (Å²) in [4.78, 5) is 2.17. The van der Waals surface area contributed by atoms with E-state index in [-0.39, 0.29) is 12.0 Å². The summed E-state index contributed by atoms with van der Waals surface area (Å²) in [6.45, 7) is 9.77. The minimum atomic E-state index is 0.199. The molecular weight excluding hydrogens is 248 g/mol. The molecular formula is C17H30N2O. The van der Waals surface area contributed by atoms with Crippen molar-refractivity contribution < 1.29 is 5.11 Å². The number of unbranched alkanes of at least 4 members (excludes halogenated alkanes) is 1. The van der Waals surface area contributed by atoms with Crippen LogP contribution in [0.1, 0.15) is 39.2 Å². The maximum atomic E-state index is 8.83. The number of hydrogen-bond donors (Lipinski definition) is 2. The number of likely N-dealkylation sites (N-methyl/N-ethyl adjacent to an activating group) is 1. The van der Waals surface area contributed by atoms with Gasteiger partial charge in [0.15, 0.2) is 0 Å². The van der Waals surface area contributed by atoms with Gasteiger partial charge in [-0.3, -0.25) is 0 Å². The molecule has 1 aromatic carbocycles. The molecule has 114 valence electrons. The van der Waals surface area contributed by atoms with Crippen molar-refractivity contribution in [1.82, 2.24) is 4.90 Å². The van der Waals surface area contributed by atoms with Gasteiger partial charge in [0.05, 0.1) is 6.61 Å². The molecule has 0 aliphatic carbocycles. The van der Waals surface area contributed by atoms with Gasteiger partial charge in [0.25, 0.3) is 0 Å². The van der Waals surface area contributed by atoms with Crippen LogP contribution in [0.4, 0.5) is 5.69 Å². The second-order valence-electron chi connectivity index (χ2n) is 6.49. The minimum absolute atomic E-state index is 0.199. The fraction of sp³-hybridized carbons (Fsp3) is 0.647. The summed E-state index contributed by atoms with van der Waals surface area (Å²) in [5, 5.41) is 12.3.